The van der Waals surface area contributed by atoms with Gasteiger partial charge in [0.1, 0.15) is 0 Å². The van der Waals surface area contributed by atoms with Crippen LogP contribution in [0, 0.1) is 5.92 Å². The van der Waals surface area contributed by atoms with Crippen molar-refractivity contribution in [1.82, 2.24) is 10.6 Å². The van der Waals surface area contributed by atoms with Gasteiger partial charge in [0.25, 0.3) is 0 Å². The third-order valence-corrected chi connectivity index (χ3v) is 4.06. The number of aliphatic carboxylic acids is 1. The standard InChI is InChI=1S/C15H28N2O4/c1-3-4-11(5-6-14(18)19)7-8-16-15(20)13-9-12(21-2)10-17-13/h11-13,17H,3-10H2,1-2H3,(H,16,20)(H,18,19). The summed E-state index contributed by atoms with van der Waals surface area (Å²) >= 11 is 0. The molecule has 21 heavy (non-hydrogen) atoms. The summed E-state index contributed by atoms with van der Waals surface area (Å²) in [5.74, 6) is -0.362. The van der Waals surface area contributed by atoms with Gasteiger partial charge in [-0.1, -0.05) is 19.8 Å². The number of hydrogen-bond acceptors (Lipinski definition) is 4. The molecule has 3 atom stereocenters. The largest absolute Gasteiger partial charge is 0.481 e. The number of hydrogen-bond donors (Lipinski definition) is 3. The van der Waals surface area contributed by atoms with Gasteiger partial charge in [-0.3, -0.25) is 9.59 Å². The highest BCUT2D eigenvalue weighted by Crippen LogP contribution is 2.17. The van der Waals surface area contributed by atoms with Crippen LogP contribution in [0.15, 0.2) is 0 Å². The van der Waals surface area contributed by atoms with E-state index in [-0.39, 0.29) is 24.5 Å². The fourth-order valence-corrected chi connectivity index (χ4v) is 2.77. The molecule has 1 aliphatic rings. The molecule has 6 nitrogen and oxygen atoms in total. The average Bonchev–Trinajstić information content (AvgIpc) is 2.93. The summed E-state index contributed by atoms with van der Waals surface area (Å²) in [7, 11) is 1.66. The first-order valence-electron chi connectivity index (χ1n) is 7.82. The van der Waals surface area contributed by atoms with E-state index in [0.29, 0.717) is 31.8 Å². The molecular formula is C15H28N2O4. The second-order valence-corrected chi connectivity index (χ2v) is 5.72. The predicted molar refractivity (Wildman–Crippen MR) is 80.1 cm³/mol. The Morgan fingerprint density at radius 2 is 2.14 bits per heavy atom. The third kappa shape index (κ3) is 6.91. The SMILES string of the molecule is CCCC(CCNC(=O)C1CC(OC)CN1)CCC(=O)O. The van der Waals surface area contributed by atoms with E-state index in [9.17, 15) is 9.59 Å². The van der Waals surface area contributed by atoms with Gasteiger partial charge in [0, 0.05) is 26.6 Å². The van der Waals surface area contributed by atoms with Crippen molar-refractivity contribution in [2.24, 2.45) is 5.92 Å². The molecule has 0 aromatic carbocycles. The zero-order valence-electron chi connectivity index (χ0n) is 13.1. The smallest absolute Gasteiger partial charge is 0.303 e. The van der Waals surface area contributed by atoms with Gasteiger partial charge in [-0.05, 0) is 25.2 Å². The van der Waals surface area contributed by atoms with Crippen LogP contribution >= 0.6 is 0 Å². The van der Waals surface area contributed by atoms with Gasteiger partial charge in [0.05, 0.1) is 12.1 Å². The van der Waals surface area contributed by atoms with Crippen molar-refractivity contribution in [2.75, 3.05) is 20.2 Å². The molecule has 0 bridgehead atoms. The topological polar surface area (TPSA) is 87.7 Å². The van der Waals surface area contributed by atoms with E-state index in [1.54, 1.807) is 7.11 Å². The van der Waals surface area contributed by atoms with Gasteiger partial charge in [0.15, 0.2) is 0 Å². The molecule has 122 valence electrons. The molecule has 0 spiro atoms. The van der Waals surface area contributed by atoms with Crippen LogP contribution in [0.3, 0.4) is 0 Å². The van der Waals surface area contributed by atoms with E-state index in [2.05, 4.69) is 17.6 Å². The van der Waals surface area contributed by atoms with Gasteiger partial charge in [-0.25, -0.2) is 0 Å². The Hall–Kier alpha value is -1.14. The van der Waals surface area contributed by atoms with Crippen molar-refractivity contribution in [3.63, 3.8) is 0 Å². The van der Waals surface area contributed by atoms with Gasteiger partial charge in [-0.15, -0.1) is 0 Å². The number of rotatable bonds is 10. The number of nitrogens with one attached hydrogen (secondary N) is 2. The van der Waals surface area contributed by atoms with Crippen molar-refractivity contribution in [3.8, 4) is 0 Å². The molecule has 6 heteroatoms. The molecule has 1 saturated heterocycles. The summed E-state index contributed by atoms with van der Waals surface area (Å²) in [6, 6.07) is -0.168. The van der Waals surface area contributed by atoms with Gasteiger partial charge >= 0.3 is 5.97 Å². The van der Waals surface area contributed by atoms with Crippen LogP contribution < -0.4 is 10.6 Å². The van der Waals surface area contributed by atoms with Crippen molar-refractivity contribution in [2.45, 2.75) is 57.6 Å². The Morgan fingerprint density at radius 3 is 2.71 bits per heavy atom. The first-order valence-corrected chi connectivity index (χ1v) is 7.82. The lowest BCUT2D eigenvalue weighted by Crippen LogP contribution is -2.41. The maximum atomic E-state index is 12.0. The fourth-order valence-electron chi connectivity index (χ4n) is 2.77. The molecule has 1 fully saturated rings. The number of carboxylic acids is 1. The maximum Gasteiger partial charge on any atom is 0.303 e. The second kappa shape index (κ2) is 9.73. The fraction of sp³-hybridized carbons (Fsp3) is 0.867. The summed E-state index contributed by atoms with van der Waals surface area (Å²) in [5.41, 5.74) is 0. The molecule has 1 aliphatic heterocycles. The van der Waals surface area contributed by atoms with E-state index >= 15 is 0 Å². The van der Waals surface area contributed by atoms with Crippen molar-refractivity contribution < 1.29 is 19.4 Å². The van der Waals surface area contributed by atoms with E-state index < -0.39 is 5.97 Å². The highest BCUT2D eigenvalue weighted by Gasteiger charge is 2.28. The zero-order valence-corrected chi connectivity index (χ0v) is 13.1. The number of amides is 1. The molecular weight excluding hydrogens is 272 g/mol. The Kier molecular flexibility index (Phi) is 8.30. The summed E-state index contributed by atoms with van der Waals surface area (Å²) in [6.07, 6.45) is 4.61. The Labute approximate surface area is 126 Å². The molecule has 3 N–H and O–H groups in total. The van der Waals surface area contributed by atoms with Gasteiger partial charge in [-0.2, -0.15) is 0 Å². The number of carbonyl (C=O) groups is 2. The minimum absolute atomic E-state index is 0.0167. The lowest BCUT2D eigenvalue weighted by molar-refractivity contribution is -0.137. The highest BCUT2D eigenvalue weighted by molar-refractivity contribution is 5.82. The van der Waals surface area contributed by atoms with E-state index in [1.165, 1.54) is 0 Å². The minimum atomic E-state index is -0.749. The predicted octanol–water partition coefficient (Wildman–Crippen LogP) is 1.15. The molecule has 0 aromatic heterocycles. The second-order valence-electron chi connectivity index (χ2n) is 5.72. The molecule has 1 rings (SSSR count). The Balaban J connectivity index is 2.23. The van der Waals surface area contributed by atoms with Crippen molar-refractivity contribution in [1.29, 1.82) is 0 Å². The molecule has 0 radical (unpaired) electrons. The summed E-state index contributed by atoms with van der Waals surface area (Å²) in [6.45, 7) is 3.42. The van der Waals surface area contributed by atoms with E-state index in [1.807, 2.05) is 0 Å². The lowest BCUT2D eigenvalue weighted by atomic mass is 9.94. The maximum absolute atomic E-state index is 12.0. The summed E-state index contributed by atoms with van der Waals surface area (Å²) in [4.78, 5) is 22.6. The summed E-state index contributed by atoms with van der Waals surface area (Å²) in [5, 5.41) is 14.8. The quantitative estimate of drug-likeness (QED) is 0.563. The minimum Gasteiger partial charge on any atom is -0.481 e. The Morgan fingerprint density at radius 1 is 1.38 bits per heavy atom. The average molecular weight is 300 g/mol. The van der Waals surface area contributed by atoms with Crippen LogP contribution in [0.25, 0.3) is 0 Å². The normalized spacial score (nSPS) is 23.0. The highest BCUT2D eigenvalue weighted by atomic mass is 16.5. The van der Waals surface area contributed by atoms with Crippen LogP contribution in [0.1, 0.15) is 45.4 Å². The number of ether oxygens (including phenoxy) is 1. The first-order chi connectivity index (χ1) is 10.1. The van der Waals surface area contributed by atoms with Crippen LogP contribution in [0.5, 0.6) is 0 Å². The molecule has 1 amide bonds. The first kappa shape index (κ1) is 17.9. The molecule has 0 saturated carbocycles. The lowest BCUT2D eigenvalue weighted by Gasteiger charge is -2.17. The van der Waals surface area contributed by atoms with Crippen molar-refractivity contribution >= 4 is 11.9 Å². The monoisotopic (exact) mass is 300 g/mol. The van der Waals surface area contributed by atoms with Crippen molar-refractivity contribution in [3.05, 3.63) is 0 Å². The van der Waals surface area contributed by atoms with Gasteiger partial charge < -0.3 is 20.5 Å². The van der Waals surface area contributed by atoms with Crippen LogP contribution in [0.4, 0.5) is 0 Å². The van der Waals surface area contributed by atoms with E-state index in [0.717, 1.165) is 19.3 Å². The van der Waals surface area contributed by atoms with Gasteiger partial charge in [0.2, 0.25) is 5.91 Å². The number of carboxylic acid groups (broad SMARTS) is 1. The van der Waals surface area contributed by atoms with E-state index in [4.69, 9.17) is 9.84 Å². The zero-order chi connectivity index (χ0) is 15.7. The number of carbonyl (C=O) groups excluding carboxylic acids is 1. The third-order valence-electron chi connectivity index (χ3n) is 4.06. The summed E-state index contributed by atoms with van der Waals surface area (Å²) < 4.78 is 5.22. The molecule has 3 unspecified atom stereocenters. The Bertz CT molecular complexity index is 336. The molecule has 0 aromatic rings. The van der Waals surface area contributed by atoms with Crippen LogP contribution in [0.2, 0.25) is 0 Å². The van der Waals surface area contributed by atoms with Crippen LogP contribution in [-0.2, 0) is 14.3 Å². The molecule has 0 aliphatic carbocycles. The van der Waals surface area contributed by atoms with Crippen LogP contribution in [-0.4, -0.2) is 49.3 Å². The number of methoxy groups -OCH3 is 1. The molecule has 1 heterocycles.